The van der Waals surface area contributed by atoms with E-state index in [1.54, 1.807) is 0 Å². The zero-order valence-electron chi connectivity index (χ0n) is 11.1. The molecule has 0 amide bonds. The minimum absolute atomic E-state index is 0.0942. The first kappa shape index (κ1) is 13.1. The van der Waals surface area contributed by atoms with E-state index in [-0.39, 0.29) is 5.97 Å². The van der Waals surface area contributed by atoms with Crippen molar-refractivity contribution < 1.29 is 9.53 Å². The first-order valence-electron chi connectivity index (χ1n) is 6.54. The van der Waals surface area contributed by atoms with Gasteiger partial charge in [-0.05, 0) is 38.3 Å². The maximum atomic E-state index is 12.2. The van der Waals surface area contributed by atoms with E-state index in [2.05, 4.69) is 5.32 Å². The van der Waals surface area contributed by atoms with Crippen LogP contribution in [0.4, 0.5) is 0 Å². The number of ether oxygens (including phenoxy) is 1. The average Bonchev–Trinajstić information content (AvgIpc) is 2.47. The Morgan fingerprint density at radius 2 is 1.89 bits per heavy atom. The molecule has 0 spiro atoms. The Morgan fingerprint density at radius 1 is 1.28 bits per heavy atom. The number of carbonyl (C=O) groups excluding carboxylic acids is 1. The molecule has 1 N–H and O–H groups in total. The molecule has 0 bridgehead atoms. The Kier molecular flexibility index (Phi) is 4.02. The molecule has 98 valence electrons. The summed E-state index contributed by atoms with van der Waals surface area (Å²) in [5.74, 6) is -0.0942. The van der Waals surface area contributed by atoms with Gasteiger partial charge in [0.2, 0.25) is 0 Å². The van der Waals surface area contributed by atoms with Crippen LogP contribution in [0.2, 0.25) is 0 Å². The average molecular weight is 247 g/mol. The third kappa shape index (κ3) is 2.27. The van der Waals surface area contributed by atoms with Gasteiger partial charge in [-0.2, -0.15) is 0 Å². The summed E-state index contributed by atoms with van der Waals surface area (Å²) < 4.78 is 5.06. The molecular formula is C15H21NO2. The van der Waals surface area contributed by atoms with Crippen molar-refractivity contribution in [2.75, 3.05) is 14.2 Å². The van der Waals surface area contributed by atoms with Crippen molar-refractivity contribution in [1.82, 2.24) is 5.32 Å². The first-order chi connectivity index (χ1) is 8.73. The van der Waals surface area contributed by atoms with Crippen LogP contribution in [0.3, 0.4) is 0 Å². The second kappa shape index (κ2) is 5.53. The lowest BCUT2D eigenvalue weighted by Gasteiger charge is -2.38. The molecule has 0 unspecified atom stereocenters. The van der Waals surface area contributed by atoms with E-state index in [0.29, 0.717) is 6.04 Å². The van der Waals surface area contributed by atoms with Crippen LogP contribution in [0.1, 0.15) is 31.2 Å². The van der Waals surface area contributed by atoms with Gasteiger partial charge in [0.1, 0.15) is 0 Å². The number of rotatable bonds is 3. The van der Waals surface area contributed by atoms with Gasteiger partial charge in [-0.1, -0.05) is 30.3 Å². The van der Waals surface area contributed by atoms with Crippen LogP contribution in [0.15, 0.2) is 30.3 Å². The summed E-state index contributed by atoms with van der Waals surface area (Å²) in [6.45, 7) is 0. The standard InChI is InChI=1S/C15H21NO2/c1-16-13-8-10-15(11-9-13,14(17)18-2)12-6-4-3-5-7-12/h3-7,13,16H,8-11H2,1-2H3. The van der Waals surface area contributed by atoms with Crippen LogP contribution in [0.5, 0.6) is 0 Å². The molecule has 0 saturated heterocycles. The molecule has 3 nitrogen and oxygen atoms in total. The lowest BCUT2D eigenvalue weighted by atomic mass is 9.68. The fraction of sp³-hybridized carbons (Fsp3) is 0.533. The summed E-state index contributed by atoms with van der Waals surface area (Å²) >= 11 is 0. The molecular weight excluding hydrogens is 226 g/mol. The summed E-state index contributed by atoms with van der Waals surface area (Å²) in [5.41, 5.74) is 0.648. The van der Waals surface area contributed by atoms with E-state index in [0.717, 1.165) is 31.2 Å². The van der Waals surface area contributed by atoms with Gasteiger partial charge in [0.15, 0.2) is 0 Å². The molecule has 1 aromatic rings. The number of hydrogen-bond donors (Lipinski definition) is 1. The lowest BCUT2D eigenvalue weighted by Crippen LogP contribution is -2.44. The molecule has 1 aliphatic rings. The van der Waals surface area contributed by atoms with E-state index in [4.69, 9.17) is 4.74 Å². The monoisotopic (exact) mass is 247 g/mol. The zero-order valence-corrected chi connectivity index (χ0v) is 11.1. The fourth-order valence-electron chi connectivity index (χ4n) is 2.96. The van der Waals surface area contributed by atoms with Crippen molar-refractivity contribution in [2.45, 2.75) is 37.1 Å². The van der Waals surface area contributed by atoms with Crippen molar-refractivity contribution >= 4 is 5.97 Å². The smallest absolute Gasteiger partial charge is 0.316 e. The summed E-state index contributed by atoms with van der Waals surface area (Å²) in [6, 6.07) is 10.6. The van der Waals surface area contributed by atoms with Crippen molar-refractivity contribution in [3.8, 4) is 0 Å². The summed E-state index contributed by atoms with van der Waals surface area (Å²) in [4.78, 5) is 12.2. The minimum Gasteiger partial charge on any atom is -0.468 e. The Balaban J connectivity index is 2.29. The largest absolute Gasteiger partial charge is 0.468 e. The van der Waals surface area contributed by atoms with Gasteiger partial charge in [0.05, 0.1) is 12.5 Å². The van der Waals surface area contributed by atoms with Crippen LogP contribution in [0.25, 0.3) is 0 Å². The van der Waals surface area contributed by atoms with Gasteiger partial charge < -0.3 is 10.1 Å². The third-order valence-electron chi connectivity index (χ3n) is 4.15. The number of methoxy groups -OCH3 is 1. The van der Waals surface area contributed by atoms with Gasteiger partial charge in [-0.15, -0.1) is 0 Å². The Labute approximate surface area is 109 Å². The van der Waals surface area contributed by atoms with Gasteiger partial charge >= 0.3 is 5.97 Å². The third-order valence-corrected chi connectivity index (χ3v) is 4.15. The molecule has 1 aliphatic carbocycles. The Hall–Kier alpha value is -1.35. The van der Waals surface area contributed by atoms with E-state index >= 15 is 0 Å². The highest BCUT2D eigenvalue weighted by Gasteiger charge is 2.43. The second-order valence-corrected chi connectivity index (χ2v) is 5.00. The molecule has 0 aliphatic heterocycles. The summed E-state index contributed by atoms with van der Waals surface area (Å²) in [5, 5.41) is 3.30. The first-order valence-corrected chi connectivity index (χ1v) is 6.54. The molecule has 18 heavy (non-hydrogen) atoms. The SMILES string of the molecule is CNC1CCC(C(=O)OC)(c2ccccc2)CC1. The van der Waals surface area contributed by atoms with Crippen molar-refractivity contribution in [1.29, 1.82) is 0 Å². The van der Waals surface area contributed by atoms with Crippen molar-refractivity contribution in [3.63, 3.8) is 0 Å². The van der Waals surface area contributed by atoms with Gasteiger partial charge in [-0.3, -0.25) is 4.79 Å². The maximum absolute atomic E-state index is 12.2. The number of benzene rings is 1. The molecule has 1 saturated carbocycles. The Bertz CT molecular complexity index is 394. The Morgan fingerprint density at radius 3 is 2.39 bits per heavy atom. The number of carbonyl (C=O) groups is 1. The lowest BCUT2D eigenvalue weighted by molar-refractivity contribution is -0.149. The molecule has 0 aromatic heterocycles. The van der Waals surface area contributed by atoms with Crippen LogP contribution in [-0.4, -0.2) is 26.2 Å². The molecule has 0 heterocycles. The van der Waals surface area contributed by atoms with Crippen LogP contribution in [0, 0.1) is 0 Å². The normalized spacial score (nSPS) is 27.8. The highest BCUT2D eigenvalue weighted by molar-refractivity contribution is 5.83. The van der Waals surface area contributed by atoms with Gasteiger partial charge in [0.25, 0.3) is 0 Å². The molecule has 0 radical (unpaired) electrons. The molecule has 0 atom stereocenters. The minimum atomic E-state index is -0.441. The number of nitrogens with one attached hydrogen (secondary N) is 1. The second-order valence-electron chi connectivity index (χ2n) is 5.00. The number of hydrogen-bond acceptors (Lipinski definition) is 3. The fourth-order valence-corrected chi connectivity index (χ4v) is 2.96. The topological polar surface area (TPSA) is 38.3 Å². The number of esters is 1. The summed E-state index contributed by atoms with van der Waals surface area (Å²) in [6.07, 6.45) is 3.74. The van der Waals surface area contributed by atoms with E-state index in [1.165, 1.54) is 7.11 Å². The highest BCUT2D eigenvalue weighted by Crippen LogP contribution is 2.40. The quantitative estimate of drug-likeness (QED) is 0.833. The van der Waals surface area contributed by atoms with Crippen LogP contribution in [-0.2, 0) is 14.9 Å². The molecule has 2 rings (SSSR count). The van der Waals surface area contributed by atoms with Gasteiger partial charge in [-0.25, -0.2) is 0 Å². The maximum Gasteiger partial charge on any atom is 0.316 e. The highest BCUT2D eigenvalue weighted by atomic mass is 16.5. The van der Waals surface area contributed by atoms with Crippen molar-refractivity contribution in [3.05, 3.63) is 35.9 Å². The van der Waals surface area contributed by atoms with Crippen LogP contribution >= 0.6 is 0 Å². The predicted molar refractivity (Wildman–Crippen MR) is 71.5 cm³/mol. The summed E-state index contributed by atoms with van der Waals surface area (Å²) in [7, 11) is 3.47. The molecule has 1 aromatic carbocycles. The van der Waals surface area contributed by atoms with E-state index < -0.39 is 5.41 Å². The molecule has 3 heteroatoms. The predicted octanol–water partition coefficient (Wildman–Crippen LogP) is 2.26. The van der Waals surface area contributed by atoms with E-state index in [9.17, 15) is 4.79 Å². The van der Waals surface area contributed by atoms with E-state index in [1.807, 2.05) is 37.4 Å². The zero-order chi connectivity index (χ0) is 13.0. The van der Waals surface area contributed by atoms with Crippen LogP contribution < -0.4 is 5.32 Å². The molecule has 1 fully saturated rings. The van der Waals surface area contributed by atoms with Gasteiger partial charge in [0, 0.05) is 6.04 Å². The van der Waals surface area contributed by atoms with Crippen molar-refractivity contribution in [2.24, 2.45) is 0 Å².